The Kier molecular flexibility index (Phi) is 4.87. The highest BCUT2D eigenvalue weighted by Gasteiger charge is 2.19. The summed E-state index contributed by atoms with van der Waals surface area (Å²) in [6, 6.07) is 7.79. The second-order valence-corrected chi connectivity index (χ2v) is 6.78. The summed E-state index contributed by atoms with van der Waals surface area (Å²) in [7, 11) is 12.8. The third-order valence-corrected chi connectivity index (χ3v) is 4.86. The largest absolute Gasteiger partial charge is 0.465 e. The van der Waals surface area contributed by atoms with E-state index in [1.807, 2.05) is 18.2 Å². The van der Waals surface area contributed by atoms with E-state index >= 15 is 0 Å². The lowest BCUT2D eigenvalue weighted by atomic mass is 9.77. The van der Waals surface area contributed by atoms with Gasteiger partial charge in [0.1, 0.15) is 5.59 Å². The van der Waals surface area contributed by atoms with E-state index in [0.29, 0.717) is 0 Å². The average molecular weight is 325 g/mol. The number of hydrogen-bond donors (Lipinski definition) is 1. The van der Waals surface area contributed by atoms with Crippen LogP contribution in [0.4, 0.5) is 0 Å². The fourth-order valence-corrected chi connectivity index (χ4v) is 3.53. The standard InChI is InChI=1S/C15H17B2N3O2S/c1-19-7-9-20(10-8-19)23-13-4-2-3-12-11(13)5-6-18-14(12)22-15(16,17)21/h2-6,21H,7-10H2,1H3. The van der Waals surface area contributed by atoms with Crippen LogP contribution in [0, 0.1) is 0 Å². The maximum Gasteiger partial charge on any atom is 0.222 e. The van der Waals surface area contributed by atoms with Gasteiger partial charge in [0.2, 0.25) is 5.88 Å². The van der Waals surface area contributed by atoms with Crippen LogP contribution < -0.4 is 4.74 Å². The molecule has 0 unspecified atom stereocenters. The van der Waals surface area contributed by atoms with E-state index in [1.54, 1.807) is 18.1 Å². The lowest BCUT2D eigenvalue weighted by Crippen LogP contribution is -2.40. The van der Waals surface area contributed by atoms with Crippen molar-refractivity contribution in [2.75, 3.05) is 33.2 Å². The predicted octanol–water partition coefficient (Wildman–Crippen LogP) is 0.809. The van der Waals surface area contributed by atoms with Gasteiger partial charge >= 0.3 is 0 Å². The van der Waals surface area contributed by atoms with E-state index in [-0.39, 0.29) is 5.88 Å². The lowest BCUT2D eigenvalue weighted by molar-refractivity contribution is 0.0105. The molecule has 1 aromatic carbocycles. The minimum atomic E-state index is -2.25. The van der Waals surface area contributed by atoms with Crippen molar-refractivity contribution in [3.05, 3.63) is 30.5 Å². The summed E-state index contributed by atoms with van der Waals surface area (Å²) >= 11 is 1.72. The Morgan fingerprint density at radius 2 is 1.91 bits per heavy atom. The number of pyridine rings is 1. The molecule has 1 N–H and O–H groups in total. The summed E-state index contributed by atoms with van der Waals surface area (Å²) in [4.78, 5) is 7.55. The number of rotatable bonds is 4. The molecule has 1 aliphatic rings. The fraction of sp³-hybridized carbons (Fsp3) is 0.400. The molecule has 116 valence electrons. The van der Waals surface area contributed by atoms with Crippen LogP contribution in [0.5, 0.6) is 5.88 Å². The maximum atomic E-state index is 9.46. The average Bonchev–Trinajstić information content (AvgIpc) is 2.49. The molecule has 23 heavy (non-hydrogen) atoms. The Morgan fingerprint density at radius 1 is 1.17 bits per heavy atom. The smallest absolute Gasteiger partial charge is 0.222 e. The highest BCUT2D eigenvalue weighted by Crippen LogP contribution is 2.34. The Labute approximate surface area is 143 Å². The van der Waals surface area contributed by atoms with Crippen LogP contribution in [0.15, 0.2) is 35.4 Å². The number of hydrogen-bond acceptors (Lipinski definition) is 6. The van der Waals surface area contributed by atoms with E-state index < -0.39 is 5.59 Å². The summed E-state index contributed by atoms with van der Waals surface area (Å²) in [5.74, 6) is 0.218. The SMILES string of the molecule is [B]C([B])(O)Oc1nccc2c(SN3CCN(C)CC3)cccc12. The third kappa shape index (κ3) is 4.20. The summed E-state index contributed by atoms with van der Waals surface area (Å²) < 4.78 is 7.49. The molecule has 1 aromatic heterocycles. The molecule has 1 aliphatic heterocycles. The van der Waals surface area contributed by atoms with Crippen molar-refractivity contribution in [2.45, 2.75) is 10.5 Å². The number of aromatic nitrogens is 1. The van der Waals surface area contributed by atoms with Crippen LogP contribution in [-0.4, -0.2) is 73.8 Å². The summed E-state index contributed by atoms with van der Waals surface area (Å²) in [6.45, 7) is 4.14. The molecule has 0 amide bonds. The number of ether oxygens (including phenoxy) is 1. The van der Waals surface area contributed by atoms with E-state index in [4.69, 9.17) is 20.4 Å². The van der Waals surface area contributed by atoms with Crippen molar-refractivity contribution in [1.29, 1.82) is 0 Å². The van der Waals surface area contributed by atoms with Crippen molar-refractivity contribution < 1.29 is 9.84 Å². The Hall–Kier alpha value is -1.21. The van der Waals surface area contributed by atoms with Gasteiger partial charge in [-0.2, -0.15) is 0 Å². The molecule has 0 aliphatic carbocycles. The number of fused-ring (bicyclic) bond motifs is 1. The van der Waals surface area contributed by atoms with Crippen molar-refractivity contribution in [1.82, 2.24) is 14.2 Å². The van der Waals surface area contributed by atoms with Gasteiger partial charge in [-0.1, -0.05) is 6.07 Å². The monoisotopic (exact) mass is 325 g/mol. The number of piperazine rings is 1. The van der Waals surface area contributed by atoms with Gasteiger partial charge in [0.25, 0.3) is 0 Å². The second-order valence-electron chi connectivity index (χ2n) is 5.64. The molecule has 2 aromatic rings. The Balaban J connectivity index is 1.88. The molecule has 2 heterocycles. The van der Waals surface area contributed by atoms with Gasteiger partial charge < -0.3 is 14.7 Å². The zero-order chi connectivity index (χ0) is 16.4. The van der Waals surface area contributed by atoms with Crippen molar-refractivity contribution in [2.24, 2.45) is 0 Å². The van der Waals surface area contributed by atoms with Crippen LogP contribution in [-0.2, 0) is 0 Å². The Morgan fingerprint density at radius 3 is 2.61 bits per heavy atom. The van der Waals surface area contributed by atoms with E-state index in [2.05, 4.69) is 27.3 Å². The van der Waals surface area contributed by atoms with Crippen LogP contribution in [0.1, 0.15) is 0 Å². The van der Waals surface area contributed by atoms with Gasteiger partial charge in [-0.25, -0.2) is 9.29 Å². The first-order chi connectivity index (χ1) is 10.9. The second kappa shape index (κ2) is 6.73. The fourth-order valence-electron chi connectivity index (χ4n) is 2.49. The van der Waals surface area contributed by atoms with Crippen molar-refractivity contribution in [3.63, 3.8) is 0 Å². The molecule has 0 bridgehead atoms. The first-order valence-corrected chi connectivity index (χ1v) is 8.18. The summed E-state index contributed by atoms with van der Waals surface area (Å²) in [5.41, 5.74) is -2.25. The van der Waals surface area contributed by atoms with Crippen LogP contribution in [0.25, 0.3) is 10.8 Å². The lowest BCUT2D eigenvalue weighted by Gasteiger charge is -2.31. The number of aliphatic hydroxyl groups is 1. The van der Waals surface area contributed by atoms with Crippen molar-refractivity contribution >= 4 is 38.4 Å². The molecule has 5 nitrogen and oxygen atoms in total. The summed E-state index contributed by atoms with van der Waals surface area (Å²) in [5, 5.41) is 11.2. The highest BCUT2D eigenvalue weighted by molar-refractivity contribution is 7.97. The first-order valence-electron chi connectivity index (χ1n) is 7.41. The van der Waals surface area contributed by atoms with Gasteiger partial charge in [0.15, 0.2) is 15.7 Å². The number of likely N-dealkylation sites (N-methyl/N-ethyl adjacent to an activating group) is 1. The van der Waals surface area contributed by atoms with Crippen molar-refractivity contribution in [3.8, 4) is 5.88 Å². The van der Waals surface area contributed by atoms with Gasteiger partial charge in [0.05, 0.1) is 0 Å². The molecule has 3 rings (SSSR count). The molecule has 1 saturated heterocycles. The van der Waals surface area contributed by atoms with E-state index in [1.165, 1.54) is 0 Å². The number of nitrogens with zero attached hydrogens (tertiary/aromatic N) is 3. The maximum absolute atomic E-state index is 9.46. The van der Waals surface area contributed by atoms with Gasteiger partial charge in [-0.3, -0.25) is 0 Å². The minimum absolute atomic E-state index is 0.218. The highest BCUT2D eigenvalue weighted by atomic mass is 32.2. The van der Waals surface area contributed by atoms with E-state index in [9.17, 15) is 5.11 Å². The Bertz CT molecular complexity index is 688. The molecule has 0 saturated carbocycles. The molecule has 0 atom stereocenters. The van der Waals surface area contributed by atoms with Crippen LogP contribution in [0.3, 0.4) is 0 Å². The first kappa shape index (κ1) is 16.6. The summed E-state index contributed by atoms with van der Waals surface area (Å²) in [6.07, 6.45) is 1.62. The number of benzene rings is 1. The zero-order valence-electron chi connectivity index (χ0n) is 13.0. The molecular weight excluding hydrogens is 308 g/mol. The molecular formula is C15H17B2N3O2S. The van der Waals surface area contributed by atoms with Gasteiger partial charge in [-0.15, -0.1) is 0 Å². The van der Waals surface area contributed by atoms with Crippen LogP contribution >= 0.6 is 11.9 Å². The zero-order valence-corrected chi connectivity index (χ0v) is 13.8. The van der Waals surface area contributed by atoms with Crippen LogP contribution in [0.2, 0.25) is 0 Å². The molecule has 8 heteroatoms. The quantitative estimate of drug-likeness (QED) is 0.510. The van der Waals surface area contributed by atoms with E-state index in [0.717, 1.165) is 41.8 Å². The van der Waals surface area contributed by atoms with Gasteiger partial charge in [-0.05, 0) is 37.2 Å². The van der Waals surface area contributed by atoms with Gasteiger partial charge in [0, 0.05) is 48.0 Å². The molecule has 4 radical (unpaired) electrons. The molecule has 1 fully saturated rings. The minimum Gasteiger partial charge on any atom is -0.465 e. The molecule has 0 spiro atoms. The predicted molar refractivity (Wildman–Crippen MR) is 93.8 cm³/mol. The topological polar surface area (TPSA) is 48.8 Å². The third-order valence-electron chi connectivity index (χ3n) is 3.68. The normalized spacial score (nSPS) is 17.5.